The van der Waals surface area contributed by atoms with E-state index >= 15 is 0 Å². The van der Waals surface area contributed by atoms with Gasteiger partial charge in [-0.15, -0.1) is 0 Å². The van der Waals surface area contributed by atoms with Gasteiger partial charge in [0.15, 0.2) is 11.5 Å². The van der Waals surface area contributed by atoms with E-state index in [2.05, 4.69) is 5.32 Å². The SMILES string of the molecule is COc1cc(-c2cc(C(=O)NC(C)c3ccccc3)c3ccccc3n2)cc(OC)c1OC. The minimum absolute atomic E-state index is 0.143. The number of carbonyl (C=O) groups excluding carboxylic acids is 1. The summed E-state index contributed by atoms with van der Waals surface area (Å²) in [6.45, 7) is 1.97. The molecule has 0 fully saturated rings. The molecule has 0 bridgehead atoms. The smallest absolute Gasteiger partial charge is 0.252 e. The van der Waals surface area contributed by atoms with Crippen LogP contribution in [0.2, 0.25) is 0 Å². The summed E-state index contributed by atoms with van der Waals surface area (Å²) in [4.78, 5) is 18.2. The number of nitrogens with zero attached hydrogens (tertiary/aromatic N) is 1. The maximum atomic E-state index is 13.4. The second-order valence-electron chi connectivity index (χ2n) is 7.59. The van der Waals surface area contributed by atoms with E-state index < -0.39 is 0 Å². The minimum atomic E-state index is -0.168. The molecule has 0 aliphatic heterocycles. The van der Waals surface area contributed by atoms with E-state index in [0.717, 1.165) is 22.0 Å². The van der Waals surface area contributed by atoms with E-state index in [1.165, 1.54) is 0 Å². The standard InChI is InChI=1S/C27H26N2O4/c1-17(18-10-6-5-7-11-18)28-27(30)21-16-23(29-22-13-9-8-12-20(21)22)19-14-24(31-2)26(33-4)25(15-19)32-3/h5-17H,1-4H3,(H,28,30). The maximum absolute atomic E-state index is 13.4. The summed E-state index contributed by atoms with van der Waals surface area (Å²) in [5, 5.41) is 3.89. The molecule has 168 valence electrons. The van der Waals surface area contributed by atoms with Gasteiger partial charge in [0.05, 0.1) is 44.1 Å². The largest absolute Gasteiger partial charge is 0.493 e. The molecule has 1 unspecified atom stereocenters. The third-order valence-corrected chi connectivity index (χ3v) is 5.57. The Morgan fingerprint density at radius 1 is 0.848 bits per heavy atom. The first kappa shape index (κ1) is 22.1. The molecule has 4 rings (SSSR count). The minimum Gasteiger partial charge on any atom is -0.493 e. The Balaban J connectivity index is 1.80. The van der Waals surface area contributed by atoms with Crippen LogP contribution in [0.5, 0.6) is 17.2 Å². The first-order chi connectivity index (χ1) is 16.0. The number of rotatable bonds is 7. The van der Waals surface area contributed by atoms with Crippen molar-refractivity contribution in [1.82, 2.24) is 10.3 Å². The quantitative estimate of drug-likeness (QED) is 0.414. The Hall–Kier alpha value is -4.06. The second kappa shape index (κ2) is 9.61. The van der Waals surface area contributed by atoms with Gasteiger partial charge in [-0.3, -0.25) is 4.79 Å². The second-order valence-corrected chi connectivity index (χ2v) is 7.59. The summed E-state index contributed by atoms with van der Waals surface area (Å²) in [6, 6.07) is 22.8. The molecule has 0 aliphatic carbocycles. The molecule has 0 radical (unpaired) electrons. The van der Waals surface area contributed by atoms with Crippen molar-refractivity contribution in [2.45, 2.75) is 13.0 Å². The summed E-state index contributed by atoms with van der Waals surface area (Å²) in [5.41, 5.74) is 3.69. The fraction of sp³-hybridized carbons (Fsp3) is 0.185. The molecule has 1 atom stereocenters. The number of methoxy groups -OCH3 is 3. The number of para-hydroxylation sites is 1. The molecule has 0 spiro atoms. The molecule has 6 heteroatoms. The summed E-state index contributed by atoms with van der Waals surface area (Å²) in [5.74, 6) is 1.37. The van der Waals surface area contributed by atoms with Gasteiger partial charge in [0.2, 0.25) is 5.75 Å². The number of amides is 1. The van der Waals surface area contributed by atoms with Gasteiger partial charge in [0.25, 0.3) is 5.91 Å². The Morgan fingerprint density at radius 3 is 2.12 bits per heavy atom. The molecule has 3 aromatic carbocycles. The van der Waals surface area contributed by atoms with E-state index in [4.69, 9.17) is 19.2 Å². The third-order valence-electron chi connectivity index (χ3n) is 5.57. The first-order valence-electron chi connectivity index (χ1n) is 10.6. The highest BCUT2D eigenvalue weighted by Gasteiger charge is 2.19. The van der Waals surface area contributed by atoms with Crippen molar-refractivity contribution in [2.75, 3.05) is 21.3 Å². The predicted octanol–water partition coefficient (Wildman–Crippen LogP) is 5.42. The van der Waals surface area contributed by atoms with E-state index in [0.29, 0.717) is 28.5 Å². The van der Waals surface area contributed by atoms with Gasteiger partial charge < -0.3 is 19.5 Å². The average Bonchev–Trinajstić information content (AvgIpc) is 2.87. The molecule has 1 N–H and O–H groups in total. The molecule has 33 heavy (non-hydrogen) atoms. The zero-order valence-corrected chi connectivity index (χ0v) is 19.1. The number of fused-ring (bicyclic) bond motifs is 1. The Bertz CT molecular complexity index is 1260. The highest BCUT2D eigenvalue weighted by molar-refractivity contribution is 6.07. The Morgan fingerprint density at radius 2 is 1.48 bits per heavy atom. The summed E-state index contributed by atoms with van der Waals surface area (Å²) < 4.78 is 16.4. The van der Waals surface area contributed by atoms with Crippen molar-refractivity contribution in [3.63, 3.8) is 0 Å². The zero-order valence-electron chi connectivity index (χ0n) is 19.1. The third kappa shape index (κ3) is 4.46. The first-order valence-corrected chi connectivity index (χ1v) is 10.6. The van der Waals surface area contributed by atoms with Crippen molar-refractivity contribution in [3.05, 3.63) is 83.9 Å². The highest BCUT2D eigenvalue weighted by Crippen LogP contribution is 2.41. The van der Waals surface area contributed by atoms with E-state index in [-0.39, 0.29) is 11.9 Å². The molecule has 0 saturated heterocycles. The normalized spacial score (nSPS) is 11.6. The monoisotopic (exact) mass is 442 g/mol. The molecular weight excluding hydrogens is 416 g/mol. The van der Waals surface area contributed by atoms with E-state index in [1.807, 2.05) is 73.7 Å². The number of hydrogen-bond donors (Lipinski definition) is 1. The van der Waals surface area contributed by atoms with Crippen LogP contribution in [0, 0.1) is 0 Å². The van der Waals surface area contributed by atoms with Crippen LogP contribution in [0.3, 0.4) is 0 Å². The molecule has 1 amide bonds. The predicted molar refractivity (Wildman–Crippen MR) is 129 cm³/mol. The highest BCUT2D eigenvalue weighted by atomic mass is 16.5. The van der Waals surface area contributed by atoms with Crippen molar-refractivity contribution >= 4 is 16.8 Å². The van der Waals surface area contributed by atoms with Gasteiger partial charge in [-0.05, 0) is 36.8 Å². The van der Waals surface area contributed by atoms with Gasteiger partial charge in [-0.25, -0.2) is 4.98 Å². The van der Waals surface area contributed by atoms with Crippen LogP contribution in [0.4, 0.5) is 0 Å². The molecule has 1 heterocycles. The molecule has 4 aromatic rings. The topological polar surface area (TPSA) is 69.7 Å². The number of hydrogen-bond acceptors (Lipinski definition) is 5. The van der Waals surface area contributed by atoms with Gasteiger partial charge in [-0.1, -0.05) is 48.5 Å². The van der Waals surface area contributed by atoms with Gasteiger partial charge in [0, 0.05) is 10.9 Å². The van der Waals surface area contributed by atoms with Crippen LogP contribution < -0.4 is 19.5 Å². The number of ether oxygens (including phenoxy) is 3. The maximum Gasteiger partial charge on any atom is 0.252 e. The van der Waals surface area contributed by atoms with Crippen molar-refractivity contribution in [3.8, 4) is 28.5 Å². The van der Waals surface area contributed by atoms with Crippen molar-refractivity contribution < 1.29 is 19.0 Å². The lowest BCUT2D eigenvalue weighted by Gasteiger charge is -2.17. The average molecular weight is 443 g/mol. The molecule has 0 saturated carbocycles. The van der Waals surface area contributed by atoms with Crippen LogP contribution in [-0.2, 0) is 0 Å². The lowest BCUT2D eigenvalue weighted by atomic mass is 10.0. The van der Waals surface area contributed by atoms with E-state index in [9.17, 15) is 4.79 Å². The molecule has 0 aliphatic rings. The summed E-state index contributed by atoms with van der Waals surface area (Å²) >= 11 is 0. The number of aromatic nitrogens is 1. The Labute approximate surface area is 193 Å². The van der Waals surface area contributed by atoms with Gasteiger partial charge >= 0.3 is 0 Å². The van der Waals surface area contributed by atoms with E-state index in [1.54, 1.807) is 27.4 Å². The Kier molecular flexibility index (Phi) is 6.45. The summed E-state index contributed by atoms with van der Waals surface area (Å²) in [6.07, 6.45) is 0. The lowest BCUT2D eigenvalue weighted by Crippen LogP contribution is -2.27. The number of benzene rings is 3. The van der Waals surface area contributed by atoms with Crippen LogP contribution in [0.1, 0.15) is 28.9 Å². The fourth-order valence-corrected chi connectivity index (χ4v) is 3.84. The number of carbonyl (C=O) groups is 1. The summed E-state index contributed by atoms with van der Waals surface area (Å²) in [7, 11) is 4.70. The van der Waals surface area contributed by atoms with Crippen molar-refractivity contribution in [2.24, 2.45) is 0 Å². The number of pyridine rings is 1. The molecule has 6 nitrogen and oxygen atoms in total. The van der Waals surface area contributed by atoms with Crippen LogP contribution in [0.25, 0.3) is 22.2 Å². The molecular formula is C27H26N2O4. The van der Waals surface area contributed by atoms with Crippen LogP contribution in [0.15, 0.2) is 72.8 Å². The number of nitrogens with one attached hydrogen (secondary N) is 1. The van der Waals surface area contributed by atoms with Crippen LogP contribution in [-0.4, -0.2) is 32.2 Å². The lowest BCUT2D eigenvalue weighted by molar-refractivity contribution is 0.0941. The molecule has 1 aromatic heterocycles. The fourth-order valence-electron chi connectivity index (χ4n) is 3.84. The van der Waals surface area contributed by atoms with Gasteiger partial charge in [-0.2, -0.15) is 0 Å². The van der Waals surface area contributed by atoms with Gasteiger partial charge in [0.1, 0.15) is 0 Å². The zero-order chi connectivity index (χ0) is 23.4. The van der Waals surface area contributed by atoms with Crippen LogP contribution >= 0.6 is 0 Å². The van der Waals surface area contributed by atoms with Crippen molar-refractivity contribution in [1.29, 1.82) is 0 Å².